The number of benzene rings is 2. The molecular formula is C30H34F4N4O4. The van der Waals surface area contributed by atoms with Crippen LogP contribution in [-0.4, -0.2) is 57.7 Å². The van der Waals surface area contributed by atoms with Crippen molar-refractivity contribution in [1.82, 2.24) is 20.4 Å². The number of hydrogen-bond acceptors (Lipinski definition) is 5. The lowest BCUT2D eigenvalue weighted by Gasteiger charge is -2.41. The molecule has 226 valence electrons. The summed E-state index contributed by atoms with van der Waals surface area (Å²) < 4.78 is 61.2. The number of amides is 2. The Labute approximate surface area is 241 Å². The SMILES string of the molecule is CC(C)(C)OC(=O)NC(C)(C)C(=O)N1CC(c2ccc(OC(F)(F)F)cc2)CC(c2cc(-c3cccc(F)c3)n[nH]2)C1. The van der Waals surface area contributed by atoms with Gasteiger partial charge in [0.2, 0.25) is 5.91 Å². The molecule has 2 heterocycles. The standard InChI is InChI=1S/C30H34F4N4O4/c1-28(2,3)42-27(40)35-29(4,5)26(39)38-16-20(18-9-11-23(12-10-18)41-30(32,33)34)13-21(17-38)25-15-24(36-37-25)19-7-6-8-22(31)14-19/h6-12,14-15,20-21H,13,16-17H2,1-5H3,(H,35,40)(H,36,37). The number of carbonyl (C=O) groups is 2. The van der Waals surface area contributed by atoms with E-state index in [4.69, 9.17) is 4.74 Å². The van der Waals surface area contributed by atoms with Crippen LogP contribution in [0.3, 0.4) is 0 Å². The van der Waals surface area contributed by atoms with Crippen molar-refractivity contribution in [2.24, 2.45) is 0 Å². The van der Waals surface area contributed by atoms with Gasteiger partial charge in [-0.1, -0.05) is 24.3 Å². The van der Waals surface area contributed by atoms with Crippen LogP contribution in [0.2, 0.25) is 0 Å². The molecule has 1 saturated heterocycles. The van der Waals surface area contributed by atoms with E-state index in [9.17, 15) is 27.2 Å². The second-order valence-electron chi connectivity index (χ2n) is 11.9. The molecule has 2 N–H and O–H groups in total. The largest absolute Gasteiger partial charge is 0.573 e. The van der Waals surface area contributed by atoms with Crippen LogP contribution in [0, 0.1) is 5.82 Å². The zero-order valence-corrected chi connectivity index (χ0v) is 24.0. The highest BCUT2D eigenvalue weighted by molar-refractivity contribution is 5.89. The van der Waals surface area contributed by atoms with Crippen molar-refractivity contribution in [3.05, 3.63) is 71.7 Å². The Bertz CT molecular complexity index is 1410. The van der Waals surface area contributed by atoms with Crippen molar-refractivity contribution in [1.29, 1.82) is 0 Å². The molecule has 3 aromatic rings. The van der Waals surface area contributed by atoms with Crippen molar-refractivity contribution in [2.75, 3.05) is 13.1 Å². The van der Waals surface area contributed by atoms with E-state index >= 15 is 0 Å². The minimum atomic E-state index is -4.81. The molecule has 2 atom stereocenters. The van der Waals surface area contributed by atoms with Gasteiger partial charge in [-0.2, -0.15) is 5.10 Å². The second kappa shape index (κ2) is 11.7. The maximum atomic E-state index is 13.8. The van der Waals surface area contributed by atoms with Gasteiger partial charge in [-0.05, 0) is 76.9 Å². The van der Waals surface area contributed by atoms with E-state index in [0.717, 1.165) is 5.56 Å². The number of alkyl halides is 3. The van der Waals surface area contributed by atoms with E-state index in [2.05, 4.69) is 20.3 Å². The molecule has 1 aliphatic heterocycles. The van der Waals surface area contributed by atoms with E-state index in [-0.39, 0.29) is 36.6 Å². The monoisotopic (exact) mass is 590 g/mol. The summed E-state index contributed by atoms with van der Waals surface area (Å²) in [7, 11) is 0. The first kappa shape index (κ1) is 30.9. The average Bonchev–Trinajstić information content (AvgIpc) is 3.37. The summed E-state index contributed by atoms with van der Waals surface area (Å²) in [4.78, 5) is 27.9. The molecule has 4 rings (SSSR count). The number of nitrogens with zero attached hydrogens (tertiary/aromatic N) is 2. The minimum absolute atomic E-state index is 0.245. The van der Waals surface area contributed by atoms with Gasteiger partial charge in [-0.3, -0.25) is 9.89 Å². The number of ether oxygens (including phenoxy) is 2. The first-order valence-electron chi connectivity index (χ1n) is 13.5. The molecule has 0 radical (unpaired) electrons. The van der Waals surface area contributed by atoms with Crippen LogP contribution < -0.4 is 10.1 Å². The van der Waals surface area contributed by atoms with Gasteiger partial charge in [0, 0.05) is 36.2 Å². The molecule has 0 aliphatic carbocycles. The smallest absolute Gasteiger partial charge is 0.444 e. The maximum absolute atomic E-state index is 13.8. The molecule has 2 aromatic carbocycles. The molecule has 42 heavy (non-hydrogen) atoms. The van der Waals surface area contributed by atoms with Crippen LogP contribution in [0.5, 0.6) is 5.75 Å². The number of aromatic nitrogens is 2. The third-order valence-electron chi connectivity index (χ3n) is 6.83. The van der Waals surface area contributed by atoms with Crippen molar-refractivity contribution in [2.45, 2.75) is 70.4 Å². The summed E-state index contributed by atoms with van der Waals surface area (Å²) in [5.41, 5.74) is 0.471. The Balaban J connectivity index is 1.61. The van der Waals surface area contributed by atoms with Crippen LogP contribution in [-0.2, 0) is 9.53 Å². The van der Waals surface area contributed by atoms with Gasteiger partial charge >= 0.3 is 12.5 Å². The number of likely N-dealkylation sites (tertiary alicyclic amines) is 1. The van der Waals surface area contributed by atoms with Crippen LogP contribution in [0.15, 0.2) is 54.6 Å². The Morgan fingerprint density at radius 2 is 1.64 bits per heavy atom. The predicted octanol–water partition coefficient (Wildman–Crippen LogP) is 6.52. The van der Waals surface area contributed by atoms with Gasteiger partial charge in [0.25, 0.3) is 0 Å². The highest BCUT2D eigenvalue weighted by Gasteiger charge is 2.40. The third-order valence-corrected chi connectivity index (χ3v) is 6.83. The lowest BCUT2D eigenvalue weighted by atomic mass is 9.82. The Hall–Kier alpha value is -4.09. The molecule has 2 amide bonds. The first-order valence-corrected chi connectivity index (χ1v) is 13.5. The number of aromatic amines is 1. The molecule has 12 heteroatoms. The number of nitrogens with one attached hydrogen (secondary N) is 2. The number of hydrogen-bond donors (Lipinski definition) is 2. The van der Waals surface area contributed by atoms with Gasteiger partial charge in [-0.15, -0.1) is 13.2 Å². The highest BCUT2D eigenvalue weighted by Crippen LogP contribution is 2.38. The first-order chi connectivity index (χ1) is 19.5. The Morgan fingerprint density at radius 1 is 0.976 bits per heavy atom. The molecular weight excluding hydrogens is 556 g/mol. The minimum Gasteiger partial charge on any atom is -0.444 e. The quantitative estimate of drug-likeness (QED) is 0.319. The van der Waals surface area contributed by atoms with Gasteiger partial charge < -0.3 is 19.7 Å². The molecule has 0 spiro atoms. The maximum Gasteiger partial charge on any atom is 0.573 e. The highest BCUT2D eigenvalue weighted by atomic mass is 19.4. The van der Waals surface area contributed by atoms with Gasteiger partial charge in [-0.25, -0.2) is 9.18 Å². The van der Waals surface area contributed by atoms with Gasteiger partial charge in [0.1, 0.15) is 22.7 Å². The fourth-order valence-electron chi connectivity index (χ4n) is 5.02. The molecule has 8 nitrogen and oxygen atoms in total. The van der Waals surface area contributed by atoms with Crippen molar-refractivity contribution >= 4 is 12.0 Å². The van der Waals surface area contributed by atoms with Crippen molar-refractivity contribution < 1.29 is 36.6 Å². The number of piperidine rings is 1. The van der Waals surface area contributed by atoms with E-state index in [1.54, 1.807) is 69.9 Å². The van der Waals surface area contributed by atoms with Gasteiger partial charge in [0.15, 0.2) is 0 Å². The number of carbonyl (C=O) groups excluding carboxylic acids is 2. The van der Waals surface area contributed by atoms with E-state index in [0.29, 0.717) is 23.4 Å². The summed E-state index contributed by atoms with van der Waals surface area (Å²) in [6.45, 7) is 8.87. The zero-order valence-electron chi connectivity index (χ0n) is 24.0. The third kappa shape index (κ3) is 8.01. The number of alkyl carbamates (subject to hydrolysis) is 1. The predicted molar refractivity (Wildman–Crippen MR) is 147 cm³/mol. The molecule has 1 fully saturated rings. The molecule has 1 aromatic heterocycles. The van der Waals surface area contributed by atoms with Crippen molar-refractivity contribution in [3.63, 3.8) is 0 Å². The summed E-state index contributed by atoms with van der Waals surface area (Å²) in [6, 6.07) is 13.4. The van der Waals surface area contributed by atoms with Gasteiger partial charge in [0.05, 0.1) is 5.69 Å². The number of H-pyrrole nitrogens is 1. The van der Waals surface area contributed by atoms with E-state index in [1.807, 2.05) is 0 Å². The van der Waals surface area contributed by atoms with E-state index < -0.39 is 29.4 Å². The molecule has 1 aliphatic rings. The van der Waals surface area contributed by atoms with Crippen LogP contribution in [0.25, 0.3) is 11.3 Å². The average molecular weight is 591 g/mol. The summed E-state index contributed by atoms with van der Waals surface area (Å²) in [6.07, 6.45) is -5.00. The van der Waals surface area contributed by atoms with Crippen LogP contribution in [0.4, 0.5) is 22.4 Å². The van der Waals surface area contributed by atoms with Crippen LogP contribution in [0.1, 0.15) is 64.1 Å². The topological polar surface area (TPSA) is 96.6 Å². The van der Waals surface area contributed by atoms with Crippen molar-refractivity contribution in [3.8, 4) is 17.0 Å². The summed E-state index contributed by atoms with van der Waals surface area (Å²) in [5, 5.41) is 10.0. The summed E-state index contributed by atoms with van der Waals surface area (Å²) in [5.74, 6) is -1.60. The second-order valence-corrected chi connectivity index (χ2v) is 11.9. The molecule has 2 unspecified atom stereocenters. The Kier molecular flexibility index (Phi) is 8.56. The zero-order chi connectivity index (χ0) is 30.9. The lowest BCUT2D eigenvalue weighted by Crippen LogP contribution is -2.58. The fraction of sp³-hybridized carbons (Fsp3) is 0.433. The van der Waals surface area contributed by atoms with E-state index in [1.165, 1.54) is 24.3 Å². The number of halogens is 4. The normalized spacial score (nSPS) is 18.0. The fourth-order valence-corrected chi connectivity index (χ4v) is 5.02. The molecule has 0 saturated carbocycles. The lowest BCUT2D eigenvalue weighted by molar-refractivity contribution is -0.274. The molecule has 0 bridgehead atoms. The summed E-state index contributed by atoms with van der Waals surface area (Å²) >= 11 is 0. The van der Waals surface area contributed by atoms with Crippen LogP contribution >= 0.6 is 0 Å². The Morgan fingerprint density at radius 3 is 2.26 bits per heavy atom. The number of rotatable bonds is 6.